The van der Waals surface area contributed by atoms with Gasteiger partial charge in [0.2, 0.25) is 17.7 Å². The number of hydrogen-bond acceptors (Lipinski definition) is 3. The third-order valence-corrected chi connectivity index (χ3v) is 8.66. The van der Waals surface area contributed by atoms with Gasteiger partial charge in [-0.2, -0.15) is 0 Å². The Hall–Kier alpha value is -3.55. The van der Waals surface area contributed by atoms with E-state index in [-0.39, 0.29) is 24.1 Å². The van der Waals surface area contributed by atoms with Crippen LogP contribution in [0, 0.1) is 5.92 Å². The third kappa shape index (κ3) is 4.43. The number of fused-ring (bicyclic) bond motifs is 1. The van der Waals surface area contributed by atoms with E-state index in [0.717, 1.165) is 31.3 Å². The standard InChI is InChI=1S/C32H24Br2N2O3/c33-23-12-7-13-25(16-23)36-29(37)18-27(30(36)38)32(19-21-8-3-1-4-9-21)26-15-14-24(34)17-28(26)35(31(32)39)20-22-10-5-2-6-11-22/h1-17,27H,18-20H2/t27-,32+/m0/s1. The van der Waals surface area contributed by atoms with Gasteiger partial charge in [-0.3, -0.25) is 19.3 Å². The molecule has 1 fully saturated rings. The maximum atomic E-state index is 14.8. The van der Waals surface area contributed by atoms with Crippen molar-refractivity contribution in [1.82, 2.24) is 0 Å². The van der Waals surface area contributed by atoms with Gasteiger partial charge in [0.15, 0.2) is 0 Å². The number of hydrogen-bond donors (Lipinski definition) is 0. The van der Waals surface area contributed by atoms with Crippen molar-refractivity contribution in [1.29, 1.82) is 0 Å². The first-order chi connectivity index (χ1) is 18.9. The second kappa shape index (κ2) is 10.2. The monoisotopic (exact) mass is 642 g/mol. The van der Waals surface area contributed by atoms with E-state index in [1.54, 1.807) is 23.1 Å². The lowest BCUT2D eigenvalue weighted by molar-refractivity contribution is -0.131. The van der Waals surface area contributed by atoms with Crippen LogP contribution in [0.3, 0.4) is 0 Å². The number of rotatable bonds is 6. The molecule has 0 bridgehead atoms. The smallest absolute Gasteiger partial charge is 0.239 e. The molecule has 3 amide bonds. The zero-order valence-electron chi connectivity index (χ0n) is 20.9. The fraction of sp³-hybridized carbons (Fsp3) is 0.156. The molecule has 7 heteroatoms. The van der Waals surface area contributed by atoms with Crippen LogP contribution in [0.2, 0.25) is 0 Å². The van der Waals surface area contributed by atoms with E-state index in [1.807, 2.05) is 84.9 Å². The molecular formula is C32H24Br2N2O3. The lowest BCUT2D eigenvalue weighted by Gasteiger charge is -2.33. The summed E-state index contributed by atoms with van der Waals surface area (Å²) >= 11 is 7.03. The Labute approximate surface area is 243 Å². The zero-order valence-corrected chi connectivity index (χ0v) is 24.1. The summed E-state index contributed by atoms with van der Waals surface area (Å²) in [5.74, 6) is -1.66. The molecule has 39 heavy (non-hydrogen) atoms. The van der Waals surface area contributed by atoms with Crippen LogP contribution in [0.25, 0.3) is 0 Å². The minimum atomic E-state index is -1.24. The summed E-state index contributed by atoms with van der Waals surface area (Å²) in [6.07, 6.45) is 0.265. The number of amides is 3. The molecule has 0 saturated carbocycles. The van der Waals surface area contributed by atoms with Gasteiger partial charge in [-0.05, 0) is 53.4 Å². The highest BCUT2D eigenvalue weighted by Crippen LogP contribution is 2.53. The molecular weight excluding hydrogens is 620 g/mol. The molecule has 2 aliphatic heterocycles. The second-order valence-corrected chi connectivity index (χ2v) is 11.8. The average molecular weight is 644 g/mol. The Balaban J connectivity index is 1.52. The Bertz CT molecular complexity index is 1590. The van der Waals surface area contributed by atoms with Crippen molar-refractivity contribution in [2.75, 3.05) is 9.80 Å². The number of carbonyl (C=O) groups excluding carboxylic acids is 3. The van der Waals surface area contributed by atoms with Gasteiger partial charge in [0.25, 0.3) is 0 Å². The number of anilines is 2. The van der Waals surface area contributed by atoms with Crippen LogP contribution in [0.1, 0.15) is 23.1 Å². The summed E-state index contributed by atoms with van der Waals surface area (Å²) in [5.41, 5.74) is 2.71. The molecule has 2 atom stereocenters. The van der Waals surface area contributed by atoms with Gasteiger partial charge < -0.3 is 4.90 Å². The van der Waals surface area contributed by atoms with E-state index in [2.05, 4.69) is 31.9 Å². The topological polar surface area (TPSA) is 57.7 Å². The van der Waals surface area contributed by atoms with Gasteiger partial charge in [0.05, 0.1) is 23.6 Å². The SMILES string of the molecule is O=C1C[C@H]([C@]2(Cc3ccccc3)C(=O)N(Cc3ccccc3)c3cc(Br)ccc32)C(=O)N1c1cccc(Br)c1. The molecule has 2 aliphatic rings. The Morgan fingerprint density at radius 1 is 0.744 bits per heavy atom. The summed E-state index contributed by atoms with van der Waals surface area (Å²) in [6.45, 7) is 0.365. The number of benzene rings is 4. The van der Waals surface area contributed by atoms with Crippen molar-refractivity contribution in [3.8, 4) is 0 Å². The molecule has 0 aliphatic carbocycles. The lowest BCUT2D eigenvalue weighted by Crippen LogP contribution is -2.50. The molecule has 2 heterocycles. The van der Waals surface area contributed by atoms with Gasteiger partial charge >= 0.3 is 0 Å². The highest BCUT2D eigenvalue weighted by atomic mass is 79.9. The Morgan fingerprint density at radius 2 is 1.41 bits per heavy atom. The molecule has 4 aromatic rings. The van der Waals surface area contributed by atoms with E-state index in [1.165, 1.54) is 4.90 Å². The maximum absolute atomic E-state index is 14.8. The molecule has 5 nitrogen and oxygen atoms in total. The summed E-state index contributed by atoms with van der Waals surface area (Å²) in [4.78, 5) is 45.4. The van der Waals surface area contributed by atoms with Crippen LogP contribution in [-0.2, 0) is 32.8 Å². The van der Waals surface area contributed by atoms with Crippen LogP contribution in [0.4, 0.5) is 11.4 Å². The fourth-order valence-electron chi connectivity index (χ4n) is 5.95. The molecule has 0 radical (unpaired) electrons. The van der Waals surface area contributed by atoms with Gasteiger partial charge in [0, 0.05) is 21.1 Å². The summed E-state index contributed by atoms with van der Waals surface area (Å²) < 4.78 is 1.61. The van der Waals surface area contributed by atoms with Crippen molar-refractivity contribution in [3.05, 3.63) is 129 Å². The fourth-order valence-corrected chi connectivity index (χ4v) is 6.68. The van der Waals surface area contributed by atoms with Crippen LogP contribution < -0.4 is 9.80 Å². The van der Waals surface area contributed by atoms with Crippen LogP contribution in [0.5, 0.6) is 0 Å². The Morgan fingerprint density at radius 3 is 2.10 bits per heavy atom. The minimum Gasteiger partial charge on any atom is -0.307 e. The maximum Gasteiger partial charge on any atom is 0.239 e. The first kappa shape index (κ1) is 25.7. The van der Waals surface area contributed by atoms with Gasteiger partial charge in [-0.25, -0.2) is 0 Å². The number of halogens is 2. The van der Waals surface area contributed by atoms with Gasteiger partial charge in [0.1, 0.15) is 0 Å². The second-order valence-electron chi connectivity index (χ2n) is 9.98. The molecule has 0 unspecified atom stereocenters. The predicted octanol–water partition coefficient (Wildman–Crippen LogP) is 6.82. The molecule has 0 aromatic heterocycles. The minimum absolute atomic E-state index is 0.0431. The van der Waals surface area contributed by atoms with Crippen molar-refractivity contribution >= 4 is 61.0 Å². The number of carbonyl (C=O) groups is 3. The molecule has 4 aromatic carbocycles. The number of nitrogens with zero attached hydrogens (tertiary/aromatic N) is 2. The van der Waals surface area contributed by atoms with Crippen LogP contribution >= 0.6 is 31.9 Å². The first-order valence-corrected chi connectivity index (χ1v) is 14.3. The quantitative estimate of drug-likeness (QED) is 0.217. The normalized spacial score (nSPS) is 20.6. The Kier molecular flexibility index (Phi) is 6.73. The largest absolute Gasteiger partial charge is 0.307 e. The third-order valence-electron chi connectivity index (χ3n) is 7.68. The highest BCUT2D eigenvalue weighted by Gasteiger charge is 2.61. The van der Waals surface area contributed by atoms with Crippen molar-refractivity contribution in [2.45, 2.75) is 24.8 Å². The molecule has 0 N–H and O–H groups in total. The van der Waals surface area contributed by atoms with Crippen molar-refractivity contribution in [2.24, 2.45) is 5.92 Å². The van der Waals surface area contributed by atoms with Gasteiger partial charge in [-0.1, -0.05) is 105 Å². The molecule has 194 valence electrons. The summed E-state index contributed by atoms with van der Waals surface area (Å²) in [7, 11) is 0. The van der Waals surface area contributed by atoms with E-state index < -0.39 is 11.3 Å². The van der Waals surface area contributed by atoms with Crippen LogP contribution in [-0.4, -0.2) is 17.7 Å². The average Bonchev–Trinajstić information content (AvgIpc) is 3.35. The molecule has 1 saturated heterocycles. The molecule has 0 spiro atoms. The van der Waals surface area contributed by atoms with E-state index >= 15 is 0 Å². The van der Waals surface area contributed by atoms with Crippen molar-refractivity contribution < 1.29 is 14.4 Å². The van der Waals surface area contributed by atoms with E-state index in [0.29, 0.717) is 18.7 Å². The van der Waals surface area contributed by atoms with E-state index in [9.17, 15) is 14.4 Å². The van der Waals surface area contributed by atoms with Crippen LogP contribution in [0.15, 0.2) is 112 Å². The summed E-state index contributed by atoms with van der Waals surface area (Å²) in [6, 6.07) is 32.5. The highest BCUT2D eigenvalue weighted by molar-refractivity contribution is 9.10. The predicted molar refractivity (Wildman–Crippen MR) is 158 cm³/mol. The van der Waals surface area contributed by atoms with E-state index in [4.69, 9.17) is 0 Å². The zero-order chi connectivity index (χ0) is 27.1. The lowest BCUT2D eigenvalue weighted by atomic mass is 9.66. The first-order valence-electron chi connectivity index (χ1n) is 12.7. The van der Waals surface area contributed by atoms with Crippen molar-refractivity contribution in [3.63, 3.8) is 0 Å². The molecule has 6 rings (SSSR count). The number of imide groups is 1. The van der Waals surface area contributed by atoms with Gasteiger partial charge in [-0.15, -0.1) is 0 Å². The summed E-state index contributed by atoms with van der Waals surface area (Å²) in [5, 5.41) is 0.